The second-order valence-electron chi connectivity index (χ2n) is 4.48. The van der Waals surface area contributed by atoms with Crippen molar-refractivity contribution >= 4 is 28.1 Å². The first-order chi connectivity index (χ1) is 10.0. The van der Waals surface area contributed by atoms with Crippen molar-refractivity contribution < 1.29 is 13.9 Å². The van der Waals surface area contributed by atoms with E-state index in [1.54, 1.807) is 18.5 Å². The topological polar surface area (TPSA) is 44.2 Å². The summed E-state index contributed by atoms with van der Waals surface area (Å²) in [5.41, 5.74) is 0.705. The third kappa shape index (κ3) is 3.61. The Labute approximate surface area is 127 Å². The molecule has 0 aromatic carbocycles. The molecule has 0 amide bonds. The Morgan fingerprint density at radius 3 is 2.81 bits per heavy atom. The number of aromatic nitrogens is 2. The van der Waals surface area contributed by atoms with Gasteiger partial charge in [-0.15, -0.1) is 0 Å². The lowest BCUT2D eigenvalue weighted by Crippen LogP contribution is -2.10. The third-order valence-electron chi connectivity index (χ3n) is 2.77. The second kappa shape index (κ2) is 6.72. The number of alkyl halides is 1. The standard InChI is InChI=1S/C15H16ClFN2O2/c1-4-20-10(3)12-6-19-15(21-8-9(2)17)13-7-18-14(16)5-11(12)13/h5-7,9H,3-4,8H2,1-2H3. The lowest BCUT2D eigenvalue weighted by atomic mass is 10.1. The second-order valence-corrected chi connectivity index (χ2v) is 4.86. The van der Waals surface area contributed by atoms with E-state index >= 15 is 0 Å². The first-order valence-corrected chi connectivity index (χ1v) is 6.94. The molecule has 0 fully saturated rings. The van der Waals surface area contributed by atoms with Gasteiger partial charge >= 0.3 is 0 Å². The van der Waals surface area contributed by atoms with Crippen LogP contribution >= 0.6 is 11.6 Å². The zero-order valence-corrected chi connectivity index (χ0v) is 12.7. The predicted octanol–water partition coefficient (Wildman–Crippen LogP) is 4.03. The molecule has 0 bridgehead atoms. The predicted molar refractivity (Wildman–Crippen MR) is 81.3 cm³/mol. The summed E-state index contributed by atoms with van der Waals surface area (Å²) in [5.74, 6) is 0.800. The number of pyridine rings is 2. The molecule has 0 N–H and O–H groups in total. The van der Waals surface area contributed by atoms with Gasteiger partial charge in [0.1, 0.15) is 23.7 Å². The molecule has 0 saturated heterocycles. The number of ether oxygens (including phenoxy) is 2. The van der Waals surface area contributed by atoms with Crippen LogP contribution in [-0.4, -0.2) is 29.4 Å². The molecule has 0 aliphatic rings. The van der Waals surface area contributed by atoms with Crippen molar-refractivity contribution in [3.8, 4) is 5.88 Å². The summed E-state index contributed by atoms with van der Waals surface area (Å²) in [5, 5.41) is 1.73. The van der Waals surface area contributed by atoms with Crippen LogP contribution in [0, 0.1) is 0 Å². The van der Waals surface area contributed by atoms with Gasteiger partial charge in [0.25, 0.3) is 0 Å². The molecule has 112 valence electrons. The summed E-state index contributed by atoms with van der Waals surface area (Å²) in [4.78, 5) is 8.22. The summed E-state index contributed by atoms with van der Waals surface area (Å²) >= 11 is 5.95. The van der Waals surface area contributed by atoms with Gasteiger partial charge < -0.3 is 9.47 Å². The van der Waals surface area contributed by atoms with Crippen LogP contribution in [0.2, 0.25) is 5.15 Å². The Morgan fingerprint density at radius 1 is 1.38 bits per heavy atom. The average Bonchev–Trinajstić information content (AvgIpc) is 2.44. The maximum atomic E-state index is 12.9. The van der Waals surface area contributed by atoms with E-state index in [4.69, 9.17) is 21.1 Å². The molecule has 2 aromatic rings. The van der Waals surface area contributed by atoms with Crippen molar-refractivity contribution in [1.29, 1.82) is 0 Å². The van der Waals surface area contributed by atoms with Crippen LogP contribution in [0.1, 0.15) is 19.4 Å². The maximum absolute atomic E-state index is 12.9. The normalized spacial score (nSPS) is 12.2. The monoisotopic (exact) mass is 310 g/mol. The molecule has 0 aliphatic heterocycles. The van der Waals surface area contributed by atoms with E-state index in [1.165, 1.54) is 6.92 Å². The van der Waals surface area contributed by atoms with Crippen molar-refractivity contribution in [2.24, 2.45) is 0 Å². The molecular formula is C15H16ClFN2O2. The van der Waals surface area contributed by atoms with Crippen LogP contribution in [0.3, 0.4) is 0 Å². The highest BCUT2D eigenvalue weighted by molar-refractivity contribution is 6.30. The molecular weight excluding hydrogens is 295 g/mol. The maximum Gasteiger partial charge on any atom is 0.223 e. The highest BCUT2D eigenvalue weighted by Gasteiger charge is 2.13. The van der Waals surface area contributed by atoms with Gasteiger partial charge in [-0.2, -0.15) is 0 Å². The lowest BCUT2D eigenvalue weighted by molar-refractivity contribution is 0.206. The molecule has 0 aliphatic carbocycles. The van der Waals surface area contributed by atoms with E-state index in [0.717, 1.165) is 5.39 Å². The van der Waals surface area contributed by atoms with Crippen LogP contribution in [0.5, 0.6) is 5.88 Å². The number of rotatable bonds is 6. The van der Waals surface area contributed by atoms with Crippen molar-refractivity contribution in [2.75, 3.05) is 13.2 Å². The molecule has 21 heavy (non-hydrogen) atoms. The SMILES string of the molecule is C=C(OCC)c1cnc(OCC(C)F)c2cnc(Cl)cc12. The molecule has 0 radical (unpaired) electrons. The molecule has 2 aromatic heterocycles. The lowest BCUT2D eigenvalue weighted by Gasteiger charge is -2.13. The zero-order valence-electron chi connectivity index (χ0n) is 11.9. The Bertz CT molecular complexity index is 661. The summed E-state index contributed by atoms with van der Waals surface area (Å²) in [6.45, 7) is 7.59. The highest BCUT2D eigenvalue weighted by atomic mass is 35.5. The molecule has 0 saturated carbocycles. The Morgan fingerprint density at radius 2 is 2.14 bits per heavy atom. The Kier molecular flexibility index (Phi) is 4.96. The quantitative estimate of drug-likeness (QED) is 0.597. The van der Waals surface area contributed by atoms with Gasteiger partial charge in [-0.1, -0.05) is 18.2 Å². The fraction of sp³-hybridized carbons (Fsp3) is 0.333. The summed E-state index contributed by atoms with van der Waals surface area (Å²) in [6, 6.07) is 1.68. The summed E-state index contributed by atoms with van der Waals surface area (Å²) in [7, 11) is 0. The van der Waals surface area contributed by atoms with E-state index in [1.807, 2.05) is 6.92 Å². The molecule has 1 unspecified atom stereocenters. The molecule has 1 atom stereocenters. The highest BCUT2D eigenvalue weighted by Crippen LogP contribution is 2.31. The number of hydrogen-bond donors (Lipinski definition) is 0. The van der Waals surface area contributed by atoms with Crippen molar-refractivity contribution in [2.45, 2.75) is 20.0 Å². The third-order valence-corrected chi connectivity index (χ3v) is 2.98. The largest absolute Gasteiger partial charge is 0.494 e. The van der Waals surface area contributed by atoms with Gasteiger partial charge in [0, 0.05) is 23.3 Å². The van der Waals surface area contributed by atoms with Gasteiger partial charge in [-0.25, -0.2) is 14.4 Å². The van der Waals surface area contributed by atoms with Gasteiger partial charge in [-0.3, -0.25) is 0 Å². The van der Waals surface area contributed by atoms with Gasteiger partial charge in [-0.05, 0) is 19.9 Å². The van der Waals surface area contributed by atoms with E-state index in [2.05, 4.69) is 16.5 Å². The molecule has 4 nitrogen and oxygen atoms in total. The van der Waals surface area contributed by atoms with Crippen molar-refractivity contribution in [3.05, 3.63) is 35.8 Å². The minimum absolute atomic E-state index is 0.0729. The van der Waals surface area contributed by atoms with Gasteiger partial charge in [0.05, 0.1) is 12.0 Å². The zero-order chi connectivity index (χ0) is 15.4. The van der Waals surface area contributed by atoms with E-state index in [9.17, 15) is 4.39 Å². The number of hydrogen-bond acceptors (Lipinski definition) is 4. The van der Waals surface area contributed by atoms with E-state index < -0.39 is 6.17 Å². The van der Waals surface area contributed by atoms with Crippen LogP contribution < -0.4 is 4.74 Å². The first-order valence-electron chi connectivity index (χ1n) is 6.56. The van der Waals surface area contributed by atoms with Gasteiger partial charge in [0.2, 0.25) is 5.88 Å². The average molecular weight is 311 g/mol. The summed E-state index contributed by atoms with van der Waals surface area (Å²) < 4.78 is 23.7. The number of halogens is 2. The van der Waals surface area contributed by atoms with Crippen LogP contribution in [0.15, 0.2) is 25.0 Å². The van der Waals surface area contributed by atoms with Crippen molar-refractivity contribution in [3.63, 3.8) is 0 Å². The first kappa shape index (κ1) is 15.5. The smallest absolute Gasteiger partial charge is 0.223 e. The van der Waals surface area contributed by atoms with E-state index in [0.29, 0.717) is 34.3 Å². The molecule has 6 heteroatoms. The van der Waals surface area contributed by atoms with Crippen LogP contribution in [0.25, 0.3) is 16.5 Å². The Balaban J connectivity index is 2.51. The molecule has 2 rings (SSSR count). The molecule has 2 heterocycles. The summed E-state index contributed by atoms with van der Waals surface area (Å²) in [6.07, 6.45) is 2.04. The number of fused-ring (bicyclic) bond motifs is 1. The fourth-order valence-corrected chi connectivity index (χ4v) is 2.03. The van der Waals surface area contributed by atoms with E-state index in [-0.39, 0.29) is 6.61 Å². The van der Waals surface area contributed by atoms with Gasteiger partial charge in [0.15, 0.2) is 0 Å². The minimum Gasteiger partial charge on any atom is -0.494 e. The number of nitrogens with zero attached hydrogens (tertiary/aromatic N) is 2. The fourth-order valence-electron chi connectivity index (χ4n) is 1.87. The van der Waals surface area contributed by atoms with Crippen LogP contribution in [-0.2, 0) is 4.74 Å². The molecule has 0 spiro atoms. The van der Waals surface area contributed by atoms with Crippen molar-refractivity contribution in [1.82, 2.24) is 9.97 Å². The van der Waals surface area contributed by atoms with Crippen LogP contribution in [0.4, 0.5) is 4.39 Å². The minimum atomic E-state index is -1.08. The Hall–Kier alpha value is -1.88.